The van der Waals surface area contributed by atoms with Gasteiger partial charge in [-0.25, -0.2) is 5.01 Å². The molecule has 0 radical (unpaired) electrons. The monoisotopic (exact) mass is 246 g/mol. The van der Waals surface area contributed by atoms with Crippen molar-refractivity contribution in [1.29, 1.82) is 0 Å². The van der Waals surface area contributed by atoms with Gasteiger partial charge in [0.2, 0.25) is 0 Å². The molecule has 0 spiro atoms. The van der Waals surface area contributed by atoms with Gasteiger partial charge in [-0.15, -0.1) is 0 Å². The van der Waals surface area contributed by atoms with Crippen LogP contribution < -0.4 is 0 Å². The fourth-order valence-corrected chi connectivity index (χ4v) is 2.43. The molecule has 0 bridgehead atoms. The lowest BCUT2D eigenvalue weighted by molar-refractivity contribution is -0.138. The summed E-state index contributed by atoms with van der Waals surface area (Å²) in [6, 6.07) is 9.56. The average molecular weight is 246 g/mol. The molecule has 1 amide bonds. The molecule has 0 fully saturated rings. The first-order chi connectivity index (χ1) is 8.54. The SMILES string of the molecule is CC(C)C1(CO)C(=O)N(C)N=C1c1ccccc1. The quantitative estimate of drug-likeness (QED) is 0.878. The second-order valence-electron chi connectivity index (χ2n) is 4.93. The van der Waals surface area contributed by atoms with Crippen LogP contribution in [0.1, 0.15) is 19.4 Å². The molecule has 1 unspecified atom stereocenters. The van der Waals surface area contributed by atoms with Crippen LogP contribution in [0.5, 0.6) is 0 Å². The average Bonchev–Trinajstić information content (AvgIpc) is 2.64. The van der Waals surface area contributed by atoms with Crippen LogP contribution in [0.25, 0.3) is 0 Å². The lowest BCUT2D eigenvalue weighted by atomic mass is 9.71. The fourth-order valence-electron chi connectivity index (χ4n) is 2.43. The van der Waals surface area contributed by atoms with Crippen LogP contribution in [-0.4, -0.2) is 35.4 Å². The van der Waals surface area contributed by atoms with E-state index in [1.807, 2.05) is 44.2 Å². The molecule has 1 aromatic rings. The highest BCUT2D eigenvalue weighted by Crippen LogP contribution is 2.38. The van der Waals surface area contributed by atoms with E-state index < -0.39 is 5.41 Å². The Bertz CT molecular complexity index is 482. The molecule has 4 heteroatoms. The van der Waals surface area contributed by atoms with Crippen LogP contribution in [0, 0.1) is 11.3 Å². The van der Waals surface area contributed by atoms with Crippen LogP contribution >= 0.6 is 0 Å². The molecule has 96 valence electrons. The van der Waals surface area contributed by atoms with Gasteiger partial charge in [0.1, 0.15) is 5.41 Å². The van der Waals surface area contributed by atoms with Crippen molar-refractivity contribution < 1.29 is 9.90 Å². The highest BCUT2D eigenvalue weighted by Gasteiger charge is 2.52. The Morgan fingerprint density at radius 3 is 2.44 bits per heavy atom. The second kappa shape index (κ2) is 4.53. The van der Waals surface area contributed by atoms with E-state index in [0.717, 1.165) is 5.56 Å². The third-order valence-corrected chi connectivity index (χ3v) is 3.63. The Hall–Kier alpha value is -1.68. The van der Waals surface area contributed by atoms with Gasteiger partial charge in [-0.3, -0.25) is 4.79 Å². The predicted octanol–water partition coefficient (Wildman–Crippen LogP) is 1.50. The van der Waals surface area contributed by atoms with Crippen molar-refractivity contribution in [3.8, 4) is 0 Å². The summed E-state index contributed by atoms with van der Waals surface area (Å²) in [6.45, 7) is 3.65. The maximum Gasteiger partial charge on any atom is 0.257 e. The number of rotatable bonds is 3. The molecule has 18 heavy (non-hydrogen) atoms. The minimum absolute atomic E-state index is 0.0149. The van der Waals surface area contributed by atoms with Crippen LogP contribution in [0.3, 0.4) is 0 Å². The van der Waals surface area contributed by atoms with Crippen LogP contribution in [0.4, 0.5) is 0 Å². The molecule has 1 aromatic carbocycles. The summed E-state index contributed by atoms with van der Waals surface area (Å²) in [5, 5.41) is 15.4. The van der Waals surface area contributed by atoms with E-state index in [-0.39, 0.29) is 18.4 Å². The number of nitrogens with zero attached hydrogens (tertiary/aromatic N) is 2. The smallest absolute Gasteiger partial charge is 0.257 e. The number of benzene rings is 1. The first kappa shape index (κ1) is 12.8. The third-order valence-electron chi connectivity index (χ3n) is 3.63. The van der Waals surface area contributed by atoms with E-state index in [1.54, 1.807) is 7.05 Å². The van der Waals surface area contributed by atoms with Crippen molar-refractivity contribution in [2.24, 2.45) is 16.4 Å². The summed E-state index contributed by atoms with van der Waals surface area (Å²) < 4.78 is 0. The highest BCUT2D eigenvalue weighted by molar-refractivity contribution is 6.20. The van der Waals surface area contributed by atoms with Crippen LogP contribution in [0.15, 0.2) is 35.4 Å². The number of amides is 1. The molecule has 1 atom stereocenters. The van der Waals surface area contributed by atoms with E-state index in [1.165, 1.54) is 5.01 Å². The third kappa shape index (κ3) is 1.64. The summed E-state index contributed by atoms with van der Waals surface area (Å²) >= 11 is 0. The molecular formula is C14H18N2O2. The molecule has 1 heterocycles. The zero-order chi connectivity index (χ0) is 13.3. The number of aliphatic hydroxyl groups is 1. The number of hydrogen-bond acceptors (Lipinski definition) is 3. The zero-order valence-electron chi connectivity index (χ0n) is 10.9. The molecule has 4 nitrogen and oxygen atoms in total. The van der Waals surface area contributed by atoms with Crippen molar-refractivity contribution in [3.63, 3.8) is 0 Å². The Morgan fingerprint density at radius 1 is 1.33 bits per heavy atom. The lowest BCUT2D eigenvalue weighted by Crippen LogP contribution is -2.46. The Labute approximate surface area is 107 Å². The molecule has 0 aliphatic carbocycles. The van der Waals surface area contributed by atoms with Gasteiger partial charge in [0.05, 0.1) is 12.3 Å². The fraction of sp³-hybridized carbons (Fsp3) is 0.429. The van der Waals surface area contributed by atoms with E-state index in [0.29, 0.717) is 5.71 Å². The van der Waals surface area contributed by atoms with E-state index in [4.69, 9.17) is 0 Å². The van der Waals surface area contributed by atoms with Gasteiger partial charge in [0.25, 0.3) is 5.91 Å². The van der Waals surface area contributed by atoms with Gasteiger partial charge < -0.3 is 5.11 Å². The minimum Gasteiger partial charge on any atom is -0.395 e. The summed E-state index contributed by atoms with van der Waals surface area (Å²) in [6.07, 6.45) is 0. The van der Waals surface area contributed by atoms with Crippen molar-refractivity contribution >= 4 is 11.6 Å². The van der Waals surface area contributed by atoms with Crippen LogP contribution in [-0.2, 0) is 4.79 Å². The van der Waals surface area contributed by atoms with E-state index in [2.05, 4.69) is 5.10 Å². The first-order valence-electron chi connectivity index (χ1n) is 6.07. The van der Waals surface area contributed by atoms with Crippen molar-refractivity contribution in [2.75, 3.05) is 13.7 Å². The zero-order valence-corrected chi connectivity index (χ0v) is 10.9. The summed E-state index contributed by atoms with van der Waals surface area (Å²) in [5.74, 6) is -0.155. The molecule has 0 aromatic heterocycles. The number of carbonyl (C=O) groups is 1. The molecule has 0 saturated carbocycles. The lowest BCUT2D eigenvalue weighted by Gasteiger charge is -2.30. The summed E-state index contributed by atoms with van der Waals surface area (Å²) in [4.78, 5) is 12.3. The highest BCUT2D eigenvalue weighted by atomic mass is 16.3. The molecule has 2 rings (SSSR count). The maximum atomic E-state index is 12.3. The molecular weight excluding hydrogens is 228 g/mol. The number of hydrazone groups is 1. The first-order valence-corrected chi connectivity index (χ1v) is 6.07. The van der Waals surface area contributed by atoms with Gasteiger partial charge in [-0.05, 0) is 11.5 Å². The normalized spacial score (nSPS) is 23.7. The van der Waals surface area contributed by atoms with Gasteiger partial charge in [-0.1, -0.05) is 44.2 Å². The Morgan fingerprint density at radius 2 is 1.94 bits per heavy atom. The van der Waals surface area contributed by atoms with Crippen LogP contribution in [0.2, 0.25) is 0 Å². The number of carbonyl (C=O) groups excluding carboxylic acids is 1. The summed E-state index contributed by atoms with van der Waals surface area (Å²) in [7, 11) is 1.63. The Balaban J connectivity index is 2.57. The van der Waals surface area contributed by atoms with E-state index in [9.17, 15) is 9.90 Å². The standard InChI is InChI=1S/C14H18N2O2/c1-10(2)14(9-17)12(15-16(3)13(14)18)11-7-5-4-6-8-11/h4-8,10,17H,9H2,1-3H3. The van der Waals surface area contributed by atoms with Crippen molar-refractivity contribution in [2.45, 2.75) is 13.8 Å². The number of aliphatic hydroxyl groups excluding tert-OH is 1. The number of hydrogen-bond donors (Lipinski definition) is 1. The summed E-state index contributed by atoms with van der Waals surface area (Å²) in [5.41, 5.74) is 0.627. The molecule has 0 saturated heterocycles. The topological polar surface area (TPSA) is 52.9 Å². The largest absolute Gasteiger partial charge is 0.395 e. The molecule has 1 N–H and O–H groups in total. The van der Waals surface area contributed by atoms with Gasteiger partial charge in [-0.2, -0.15) is 5.10 Å². The molecule has 1 aliphatic rings. The minimum atomic E-state index is -0.921. The molecule has 1 aliphatic heterocycles. The van der Waals surface area contributed by atoms with Gasteiger partial charge in [0, 0.05) is 7.05 Å². The van der Waals surface area contributed by atoms with Gasteiger partial charge in [0.15, 0.2) is 0 Å². The van der Waals surface area contributed by atoms with Crippen molar-refractivity contribution in [1.82, 2.24) is 5.01 Å². The second-order valence-corrected chi connectivity index (χ2v) is 4.93. The van der Waals surface area contributed by atoms with Crippen molar-refractivity contribution in [3.05, 3.63) is 35.9 Å². The van der Waals surface area contributed by atoms with E-state index >= 15 is 0 Å². The Kier molecular flexibility index (Phi) is 3.22. The predicted molar refractivity (Wildman–Crippen MR) is 70.1 cm³/mol. The maximum absolute atomic E-state index is 12.3. The van der Waals surface area contributed by atoms with Gasteiger partial charge >= 0.3 is 0 Å².